The molecule has 276 valence electrons. The Morgan fingerprint density at radius 1 is 0.980 bits per heavy atom. The van der Waals surface area contributed by atoms with Crippen LogP contribution in [0.15, 0.2) is 78.9 Å². The minimum absolute atomic E-state index is 0. The summed E-state index contributed by atoms with van der Waals surface area (Å²) in [6.45, 7) is 11.6. The molecule has 0 amide bonds. The monoisotopic (exact) mass is 754 g/mol. The van der Waals surface area contributed by atoms with Gasteiger partial charge < -0.3 is 15.5 Å². The molecule has 1 saturated carbocycles. The number of carboxylic acid groups (broad SMARTS) is 1. The normalized spacial score (nSPS) is 15.0. The fourth-order valence-electron chi connectivity index (χ4n) is 6.79. The SMILES string of the molecule is CCC(C(=O)O)C1(CS(=O)(=O)[C@H](CCc2ccccc2C(C)(C)O)c2cccc(C=Cc3ccc4ccc(Cl)cc4n3)c2)CC1.CCNCC.Cl. The number of pyridine rings is 1. The lowest BCUT2D eigenvalue weighted by Crippen LogP contribution is -2.32. The number of fused-ring (bicyclic) bond motifs is 1. The summed E-state index contributed by atoms with van der Waals surface area (Å²) >= 11 is 6.16. The van der Waals surface area contributed by atoms with Gasteiger partial charge in [0.25, 0.3) is 0 Å². The number of nitrogens with one attached hydrogen (secondary N) is 1. The lowest BCUT2D eigenvalue weighted by molar-refractivity contribution is -0.144. The number of nitrogens with zero attached hydrogens (tertiary/aromatic N) is 1. The molecule has 4 aromatic rings. The van der Waals surface area contributed by atoms with E-state index < -0.39 is 38.0 Å². The van der Waals surface area contributed by atoms with Crippen LogP contribution >= 0.6 is 24.0 Å². The number of aliphatic carboxylic acids is 1. The average Bonchev–Trinajstić information content (AvgIpc) is 3.83. The number of aromatic nitrogens is 1. The summed E-state index contributed by atoms with van der Waals surface area (Å²) in [6.07, 6.45) is 6.13. The fourth-order valence-corrected chi connectivity index (χ4v) is 9.49. The van der Waals surface area contributed by atoms with Crippen molar-refractivity contribution >= 4 is 62.9 Å². The first-order valence-corrected chi connectivity index (χ1v) is 19.6. The van der Waals surface area contributed by atoms with Crippen molar-refractivity contribution in [2.24, 2.45) is 11.3 Å². The molecule has 1 aromatic heterocycles. The Bertz CT molecular complexity index is 1900. The summed E-state index contributed by atoms with van der Waals surface area (Å²) in [5.41, 5.74) is 2.87. The van der Waals surface area contributed by atoms with Crippen molar-refractivity contribution in [3.63, 3.8) is 0 Å². The van der Waals surface area contributed by atoms with Crippen molar-refractivity contribution in [2.45, 2.75) is 77.6 Å². The molecule has 7 nitrogen and oxygen atoms in total. The number of hydrogen-bond acceptors (Lipinski definition) is 6. The highest BCUT2D eigenvalue weighted by Gasteiger charge is 2.55. The van der Waals surface area contributed by atoms with Crippen molar-refractivity contribution in [3.05, 3.63) is 112 Å². The van der Waals surface area contributed by atoms with E-state index in [1.807, 2.05) is 97.9 Å². The highest BCUT2D eigenvalue weighted by atomic mass is 35.5. The van der Waals surface area contributed by atoms with E-state index >= 15 is 0 Å². The first-order valence-electron chi connectivity index (χ1n) is 17.5. The van der Waals surface area contributed by atoms with Gasteiger partial charge in [-0.25, -0.2) is 13.4 Å². The van der Waals surface area contributed by atoms with Crippen molar-refractivity contribution in [3.8, 4) is 0 Å². The van der Waals surface area contributed by atoms with Crippen LogP contribution in [0, 0.1) is 11.3 Å². The van der Waals surface area contributed by atoms with E-state index in [1.165, 1.54) is 0 Å². The number of sulfone groups is 1. The number of aryl methyl sites for hydroxylation is 1. The third-order valence-electron chi connectivity index (χ3n) is 9.52. The zero-order chi connectivity index (χ0) is 36.5. The molecule has 2 atom stereocenters. The third kappa shape index (κ3) is 11.4. The van der Waals surface area contributed by atoms with Crippen LogP contribution in [0.4, 0.5) is 0 Å². The van der Waals surface area contributed by atoms with Gasteiger partial charge in [-0.2, -0.15) is 0 Å². The summed E-state index contributed by atoms with van der Waals surface area (Å²) in [5, 5.41) is 24.5. The van der Waals surface area contributed by atoms with E-state index in [9.17, 15) is 23.4 Å². The summed E-state index contributed by atoms with van der Waals surface area (Å²) in [5.74, 6) is -1.79. The van der Waals surface area contributed by atoms with E-state index in [-0.39, 0.29) is 18.2 Å². The van der Waals surface area contributed by atoms with Gasteiger partial charge >= 0.3 is 5.97 Å². The van der Waals surface area contributed by atoms with Gasteiger partial charge in [-0.1, -0.05) is 99.1 Å². The van der Waals surface area contributed by atoms with Crippen molar-refractivity contribution in [1.82, 2.24) is 10.3 Å². The third-order valence-corrected chi connectivity index (χ3v) is 12.1. The maximum atomic E-state index is 14.3. The highest BCUT2D eigenvalue weighted by Crippen LogP contribution is 2.55. The van der Waals surface area contributed by atoms with Crippen LogP contribution in [0.1, 0.15) is 93.5 Å². The molecule has 3 aromatic carbocycles. The second kappa shape index (κ2) is 18.5. The van der Waals surface area contributed by atoms with Gasteiger partial charge in [-0.05, 0) is 111 Å². The molecule has 1 heterocycles. The van der Waals surface area contributed by atoms with Crippen LogP contribution in [0.5, 0.6) is 0 Å². The zero-order valence-electron chi connectivity index (χ0n) is 30.2. The Kier molecular flexibility index (Phi) is 15.3. The molecule has 1 aliphatic rings. The molecule has 0 aliphatic heterocycles. The molecule has 3 N–H and O–H groups in total. The Labute approximate surface area is 314 Å². The molecule has 0 saturated heterocycles. The smallest absolute Gasteiger partial charge is 0.307 e. The molecule has 1 aliphatic carbocycles. The van der Waals surface area contributed by atoms with Gasteiger partial charge in [0.1, 0.15) is 0 Å². The molecule has 0 radical (unpaired) electrons. The molecule has 1 fully saturated rings. The van der Waals surface area contributed by atoms with Gasteiger partial charge in [-0.3, -0.25) is 4.79 Å². The van der Waals surface area contributed by atoms with Crippen LogP contribution < -0.4 is 5.32 Å². The largest absolute Gasteiger partial charge is 0.481 e. The average molecular weight is 756 g/mol. The van der Waals surface area contributed by atoms with Gasteiger partial charge in [0, 0.05) is 10.4 Å². The minimum Gasteiger partial charge on any atom is -0.481 e. The first kappa shape index (κ1) is 42.1. The van der Waals surface area contributed by atoms with Crippen LogP contribution in [0.25, 0.3) is 23.1 Å². The molecule has 10 heteroatoms. The van der Waals surface area contributed by atoms with E-state index in [1.54, 1.807) is 13.8 Å². The van der Waals surface area contributed by atoms with E-state index in [0.29, 0.717) is 42.7 Å². The van der Waals surface area contributed by atoms with E-state index in [4.69, 9.17) is 11.6 Å². The van der Waals surface area contributed by atoms with Crippen LogP contribution in [0.2, 0.25) is 5.02 Å². The first-order chi connectivity index (χ1) is 23.7. The number of rotatable bonds is 15. The molecule has 51 heavy (non-hydrogen) atoms. The van der Waals surface area contributed by atoms with Gasteiger partial charge in [0.05, 0.1) is 33.7 Å². The Morgan fingerprint density at radius 3 is 2.27 bits per heavy atom. The molecule has 5 rings (SSSR count). The minimum atomic E-state index is -3.76. The zero-order valence-corrected chi connectivity index (χ0v) is 32.6. The van der Waals surface area contributed by atoms with Crippen LogP contribution in [0.3, 0.4) is 0 Å². The molecule has 0 bridgehead atoms. The van der Waals surface area contributed by atoms with Gasteiger partial charge in [0.15, 0.2) is 9.84 Å². The van der Waals surface area contributed by atoms with Gasteiger partial charge in [-0.15, -0.1) is 12.4 Å². The second-order valence-corrected chi connectivity index (χ2v) is 16.4. The number of carbonyl (C=O) groups is 1. The summed E-state index contributed by atoms with van der Waals surface area (Å²) in [4.78, 5) is 16.8. The predicted molar refractivity (Wildman–Crippen MR) is 213 cm³/mol. The maximum absolute atomic E-state index is 14.3. The van der Waals surface area contributed by atoms with E-state index in [0.717, 1.165) is 46.4 Å². The summed E-state index contributed by atoms with van der Waals surface area (Å²) < 4.78 is 28.6. The predicted octanol–water partition coefficient (Wildman–Crippen LogP) is 9.30. The Hall–Kier alpha value is -3.27. The quantitative estimate of drug-likeness (QED) is 0.111. The summed E-state index contributed by atoms with van der Waals surface area (Å²) in [6, 6.07) is 24.6. The number of halogens is 2. The number of hydrogen-bond donors (Lipinski definition) is 3. The molecule has 1 unspecified atom stereocenters. The number of benzene rings is 3. The fraction of sp³-hybridized carbons (Fsp3) is 0.415. The lowest BCUT2D eigenvalue weighted by Gasteiger charge is -2.27. The molecule has 0 spiro atoms. The topological polar surface area (TPSA) is 117 Å². The second-order valence-electron chi connectivity index (χ2n) is 13.7. The van der Waals surface area contributed by atoms with Crippen LogP contribution in [-0.4, -0.2) is 48.4 Å². The Morgan fingerprint density at radius 2 is 1.67 bits per heavy atom. The van der Waals surface area contributed by atoms with E-state index in [2.05, 4.69) is 24.1 Å². The van der Waals surface area contributed by atoms with Crippen molar-refractivity contribution in [1.29, 1.82) is 0 Å². The number of aliphatic hydroxyl groups is 1. The summed E-state index contributed by atoms with van der Waals surface area (Å²) in [7, 11) is -3.76. The molecular weight excluding hydrogens is 703 g/mol. The number of carboxylic acids is 1. The Balaban J connectivity index is 0.00000109. The lowest BCUT2D eigenvalue weighted by atomic mass is 9.88. The van der Waals surface area contributed by atoms with Crippen LogP contribution in [-0.2, 0) is 26.7 Å². The molecular formula is C41H52Cl2N2O5S. The van der Waals surface area contributed by atoms with Crippen molar-refractivity contribution in [2.75, 3.05) is 18.8 Å². The van der Waals surface area contributed by atoms with Crippen molar-refractivity contribution < 1.29 is 23.4 Å². The maximum Gasteiger partial charge on any atom is 0.307 e. The van der Waals surface area contributed by atoms with Gasteiger partial charge in [0.2, 0.25) is 0 Å². The highest BCUT2D eigenvalue weighted by molar-refractivity contribution is 7.91. The standard InChI is InChI=1S/C37H40ClNO5S.C4H11N.ClH/c1-4-31(35(40)41)37(20-21-37)24-45(43,44)34(19-15-26-9-5-6-11-32(26)36(2,3)42)28-10-7-8-25(22-28)12-17-30-18-14-27-13-16-29(38)23-33(27)39-30;1-3-5-4-2;/h5-14,16-18,22-23,31,34,42H,4,15,19-21,24H2,1-3H3,(H,40,41);5H,3-4H2,1-2H3;1H/t31?,34-;;/m1../s1.